The van der Waals surface area contributed by atoms with Crippen molar-refractivity contribution in [2.24, 2.45) is 0 Å². The maximum atomic E-state index is 5.45. The zero-order valence-electron chi connectivity index (χ0n) is 11.2. The number of nitrogens with zero attached hydrogens (tertiary/aromatic N) is 2. The number of hydrogen-bond donors (Lipinski definition) is 1. The first-order valence-electron chi connectivity index (χ1n) is 6.39. The Morgan fingerprint density at radius 2 is 2.05 bits per heavy atom. The first kappa shape index (κ1) is 12.6. The Morgan fingerprint density at radius 3 is 2.85 bits per heavy atom. The maximum Gasteiger partial charge on any atom is 0.213 e. The molecule has 1 heterocycles. The summed E-state index contributed by atoms with van der Waals surface area (Å²) >= 11 is 0. The summed E-state index contributed by atoms with van der Waals surface area (Å²) in [5.74, 6) is 1.52. The molecule has 5 nitrogen and oxygen atoms in total. The van der Waals surface area contributed by atoms with Crippen LogP contribution in [0.4, 0.5) is 0 Å². The van der Waals surface area contributed by atoms with Crippen molar-refractivity contribution >= 4 is 10.8 Å². The van der Waals surface area contributed by atoms with Gasteiger partial charge in [0.1, 0.15) is 5.75 Å². The molecular formula is C15H15N3O2. The second kappa shape index (κ2) is 5.71. The van der Waals surface area contributed by atoms with Gasteiger partial charge < -0.3 is 14.6 Å². The summed E-state index contributed by atoms with van der Waals surface area (Å²) in [6, 6.07) is 12.3. The Balaban J connectivity index is 1.85. The van der Waals surface area contributed by atoms with Crippen molar-refractivity contribution in [3.63, 3.8) is 0 Å². The molecule has 0 aliphatic heterocycles. The van der Waals surface area contributed by atoms with Gasteiger partial charge in [-0.2, -0.15) is 4.98 Å². The van der Waals surface area contributed by atoms with Gasteiger partial charge in [-0.05, 0) is 16.8 Å². The van der Waals surface area contributed by atoms with Crippen LogP contribution in [0.1, 0.15) is 11.4 Å². The molecule has 0 bridgehead atoms. The van der Waals surface area contributed by atoms with Crippen molar-refractivity contribution in [2.75, 3.05) is 7.11 Å². The van der Waals surface area contributed by atoms with Crippen LogP contribution in [0.25, 0.3) is 10.8 Å². The van der Waals surface area contributed by atoms with E-state index < -0.39 is 0 Å². The number of hydrogen-bond acceptors (Lipinski definition) is 5. The van der Waals surface area contributed by atoms with Crippen LogP contribution in [0, 0.1) is 0 Å². The van der Waals surface area contributed by atoms with E-state index in [2.05, 4.69) is 33.7 Å². The highest BCUT2D eigenvalue weighted by Crippen LogP contribution is 2.27. The van der Waals surface area contributed by atoms with E-state index >= 15 is 0 Å². The quantitative estimate of drug-likeness (QED) is 0.771. The summed E-state index contributed by atoms with van der Waals surface area (Å²) in [6.45, 7) is 1.24. The van der Waals surface area contributed by atoms with Crippen LogP contribution in [-0.4, -0.2) is 17.3 Å². The number of methoxy groups -OCH3 is 1. The molecule has 0 radical (unpaired) electrons. The van der Waals surface area contributed by atoms with Crippen LogP contribution in [0.15, 0.2) is 47.3 Å². The van der Waals surface area contributed by atoms with Gasteiger partial charge in [0.2, 0.25) is 6.39 Å². The third-order valence-corrected chi connectivity index (χ3v) is 3.21. The third kappa shape index (κ3) is 2.48. The number of fused-ring (bicyclic) bond motifs is 1. The van der Waals surface area contributed by atoms with Gasteiger partial charge >= 0.3 is 0 Å². The van der Waals surface area contributed by atoms with Gasteiger partial charge in [-0.3, -0.25) is 0 Å². The summed E-state index contributed by atoms with van der Waals surface area (Å²) in [6.07, 6.45) is 1.33. The van der Waals surface area contributed by atoms with Crippen LogP contribution in [-0.2, 0) is 13.1 Å². The average Bonchev–Trinajstić information content (AvgIpc) is 3.00. The predicted octanol–water partition coefficient (Wildman–Crippen LogP) is 2.52. The summed E-state index contributed by atoms with van der Waals surface area (Å²) in [5, 5.41) is 9.46. The monoisotopic (exact) mass is 269 g/mol. The van der Waals surface area contributed by atoms with Crippen LogP contribution >= 0.6 is 0 Å². The van der Waals surface area contributed by atoms with E-state index in [0.717, 1.165) is 11.3 Å². The van der Waals surface area contributed by atoms with Gasteiger partial charge in [0, 0.05) is 12.1 Å². The topological polar surface area (TPSA) is 60.2 Å². The highest BCUT2D eigenvalue weighted by molar-refractivity contribution is 5.87. The standard InChI is InChI=1S/C15H15N3O2/c1-19-14-7-6-11-4-2-3-5-12(11)13(14)8-16-9-15-17-10-20-18-15/h2-7,10,16H,8-9H2,1H3. The number of aromatic nitrogens is 2. The van der Waals surface area contributed by atoms with Crippen molar-refractivity contribution in [1.82, 2.24) is 15.5 Å². The normalized spacial score (nSPS) is 10.8. The van der Waals surface area contributed by atoms with Crippen molar-refractivity contribution < 1.29 is 9.26 Å². The smallest absolute Gasteiger partial charge is 0.213 e. The zero-order valence-corrected chi connectivity index (χ0v) is 11.2. The minimum absolute atomic E-state index is 0.558. The van der Waals surface area contributed by atoms with Gasteiger partial charge in [0.25, 0.3) is 0 Å². The minimum atomic E-state index is 0.558. The Kier molecular flexibility index (Phi) is 3.60. The Morgan fingerprint density at radius 1 is 1.15 bits per heavy atom. The van der Waals surface area contributed by atoms with Crippen molar-refractivity contribution in [3.05, 3.63) is 54.2 Å². The van der Waals surface area contributed by atoms with E-state index in [4.69, 9.17) is 9.26 Å². The Bertz CT molecular complexity index is 695. The number of nitrogens with one attached hydrogen (secondary N) is 1. The van der Waals surface area contributed by atoms with E-state index in [0.29, 0.717) is 18.9 Å². The van der Waals surface area contributed by atoms with Crippen molar-refractivity contribution in [2.45, 2.75) is 13.1 Å². The summed E-state index contributed by atoms with van der Waals surface area (Å²) in [5.41, 5.74) is 1.13. The van der Waals surface area contributed by atoms with E-state index in [1.54, 1.807) is 7.11 Å². The molecule has 0 aliphatic rings. The predicted molar refractivity (Wildman–Crippen MR) is 75.3 cm³/mol. The van der Waals surface area contributed by atoms with E-state index in [1.807, 2.05) is 18.2 Å². The highest BCUT2D eigenvalue weighted by Gasteiger charge is 2.08. The molecule has 3 rings (SSSR count). The van der Waals surface area contributed by atoms with Crippen LogP contribution < -0.4 is 10.1 Å². The van der Waals surface area contributed by atoms with Gasteiger partial charge in [0.05, 0.1) is 13.7 Å². The molecule has 0 atom stereocenters. The zero-order chi connectivity index (χ0) is 13.8. The van der Waals surface area contributed by atoms with Crippen molar-refractivity contribution in [1.29, 1.82) is 0 Å². The Labute approximate surface area is 116 Å². The molecule has 1 aromatic heterocycles. The molecule has 20 heavy (non-hydrogen) atoms. The van der Waals surface area contributed by atoms with E-state index in [9.17, 15) is 0 Å². The number of benzene rings is 2. The maximum absolute atomic E-state index is 5.45. The van der Waals surface area contributed by atoms with E-state index in [-0.39, 0.29) is 0 Å². The van der Waals surface area contributed by atoms with Crippen LogP contribution in [0.3, 0.4) is 0 Å². The van der Waals surface area contributed by atoms with Gasteiger partial charge in [-0.1, -0.05) is 35.5 Å². The second-order valence-corrected chi connectivity index (χ2v) is 4.42. The lowest BCUT2D eigenvalue weighted by atomic mass is 10.0. The molecule has 0 unspecified atom stereocenters. The third-order valence-electron chi connectivity index (χ3n) is 3.21. The molecule has 0 saturated heterocycles. The molecule has 0 amide bonds. The minimum Gasteiger partial charge on any atom is -0.496 e. The fourth-order valence-corrected chi connectivity index (χ4v) is 2.26. The van der Waals surface area contributed by atoms with Gasteiger partial charge in [0.15, 0.2) is 5.82 Å². The van der Waals surface area contributed by atoms with Crippen molar-refractivity contribution in [3.8, 4) is 5.75 Å². The molecule has 0 spiro atoms. The molecule has 0 aliphatic carbocycles. The van der Waals surface area contributed by atoms with Crippen LogP contribution in [0.2, 0.25) is 0 Å². The molecule has 2 aromatic carbocycles. The summed E-state index contributed by atoms with van der Waals surface area (Å²) < 4.78 is 10.2. The molecule has 3 aromatic rings. The first-order chi connectivity index (χ1) is 9.88. The largest absolute Gasteiger partial charge is 0.496 e. The number of rotatable bonds is 5. The van der Waals surface area contributed by atoms with Crippen LogP contribution in [0.5, 0.6) is 5.75 Å². The molecular weight excluding hydrogens is 254 g/mol. The second-order valence-electron chi connectivity index (χ2n) is 4.42. The first-order valence-corrected chi connectivity index (χ1v) is 6.39. The van der Waals surface area contributed by atoms with Gasteiger partial charge in [-0.15, -0.1) is 0 Å². The Hall–Kier alpha value is -2.40. The molecule has 5 heteroatoms. The highest BCUT2D eigenvalue weighted by atomic mass is 16.5. The fourth-order valence-electron chi connectivity index (χ4n) is 2.26. The molecule has 1 N–H and O–H groups in total. The fraction of sp³-hybridized carbons (Fsp3) is 0.200. The summed E-state index contributed by atoms with van der Waals surface area (Å²) in [4.78, 5) is 3.98. The van der Waals surface area contributed by atoms with Gasteiger partial charge in [-0.25, -0.2) is 0 Å². The molecule has 0 fully saturated rings. The van der Waals surface area contributed by atoms with E-state index in [1.165, 1.54) is 17.2 Å². The lowest BCUT2D eigenvalue weighted by Crippen LogP contribution is -2.14. The summed E-state index contributed by atoms with van der Waals surface area (Å²) in [7, 11) is 1.69. The SMILES string of the molecule is COc1ccc2ccccc2c1CNCc1ncon1. The molecule has 0 saturated carbocycles. The lowest BCUT2D eigenvalue weighted by Gasteiger charge is -2.12. The lowest BCUT2D eigenvalue weighted by molar-refractivity contribution is 0.403. The molecule has 102 valence electrons. The average molecular weight is 269 g/mol. The number of ether oxygens (including phenoxy) is 1.